The SMILES string of the molecule is CCCCCCC(=O)CNCc1csc(-c2coc(CCC(=O)O)c2)c1. The van der Waals surface area contributed by atoms with Crippen molar-refractivity contribution in [3.8, 4) is 10.4 Å². The average Bonchev–Trinajstić information content (AvgIpc) is 3.26. The van der Waals surface area contributed by atoms with Crippen LogP contribution in [0.25, 0.3) is 10.4 Å². The van der Waals surface area contributed by atoms with E-state index >= 15 is 0 Å². The Morgan fingerprint density at radius 1 is 1.19 bits per heavy atom. The van der Waals surface area contributed by atoms with Crippen molar-refractivity contribution in [2.24, 2.45) is 0 Å². The third-order valence-electron chi connectivity index (χ3n) is 4.14. The molecular formula is C20H27NO4S. The Hall–Kier alpha value is -1.92. The van der Waals surface area contributed by atoms with Crippen LogP contribution in [-0.2, 0) is 22.6 Å². The molecular weight excluding hydrogens is 350 g/mol. The van der Waals surface area contributed by atoms with E-state index in [1.54, 1.807) is 17.6 Å². The number of unbranched alkanes of at least 4 members (excludes halogenated alkanes) is 3. The van der Waals surface area contributed by atoms with Gasteiger partial charge in [-0.05, 0) is 29.5 Å². The number of aliphatic carboxylic acids is 1. The number of carboxylic acids is 1. The van der Waals surface area contributed by atoms with Gasteiger partial charge >= 0.3 is 5.97 Å². The van der Waals surface area contributed by atoms with Crippen molar-refractivity contribution in [2.75, 3.05) is 6.54 Å². The van der Waals surface area contributed by atoms with Crippen molar-refractivity contribution < 1.29 is 19.1 Å². The minimum absolute atomic E-state index is 0.0685. The molecule has 5 nitrogen and oxygen atoms in total. The molecule has 0 saturated carbocycles. The molecule has 0 atom stereocenters. The summed E-state index contributed by atoms with van der Waals surface area (Å²) in [7, 11) is 0. The molecule has 0 aliphatic carbocycles. The number of Topliss-reactive ketones (excluding diaryl/α,β-unsaturated/α-hetero) is 1. The lowest BCUT2D eigenvalue weighted by Gasteiger charge is -2.03. The second-order valence-corrected chi connectivity index (χ2v) is 7.38. The first-order chi connectivity index (χ1) is 12.6. The molecule has 0 spiro atoms. The lowest BCUT2D eigenvalue weighted by molar-refractivity contribution is -0.137. The van der Waals surface area contributed by atoms with Gasteiger partial charge in [0.1, 0.15) is 11.5 Å². The van der Waals surface area contributed by atoms with Crippen LogP contribution in [0.5, 0.6) is 0 Å². The van der Waals surface area contributed by atoms with Crippen LogP contribution in [0.15, 0.2) is 28.2 Å². The van der Waals surface area contributed by atoms with Gasteiger partial charge in [0.2, 0.25) is 0 Å². The van der Waals surface area contributed by atoms with E-state index in [2.05, 4.69) is 23.7 Å². The number of furan rings is 1. The molecule has 142 valence electrons. The van der Waals surface area contributed by atoms with Crippen LogP contribution in [0.4, 0.5) is 0 Å². The maximum absolute atomic E-state index is 11.8. The van der Waals surface area contributed by atoms with Gasteiger partial charge in [-0.25, -0.2) is 0 Å². The molecule has 2 rings (SSSR count). The van der Waals surface area contributed by atoms with E-state index < -0.39 is 5.97 Å². The molecule has 0 aliphatic heterocycles. The predicted molar refractivity (Wildman–Crippen MR) is 103 cm³/mol. The summed E-state index contributed by atoms with van der Waals surface area (Å²) in [5.41, 5.74) is 2.10. The topological polar surface area (TPSA) is 79.5 Å². The van der Waals surface area contributed by atoms with Crippen LogP contribution in [0.2, 0.25) is 0 Å². The van der Waals surface area contributed by atoms with Gasteiger partial charge in [-0.1, -0.05) is 26.2 Å². The second-order valence-electron chi connectivity index (χ2n) is 6.47. The number of hydrogen-bond acceptors (Lipinski definition) is 5. The highest BCUT2D eigenvalue weighted by atomic mass is 32.1. The third kappa shape index (κ3) is 7.14. The largest absolute Gasteiger partial charge is 0.481 e. The molecule has 2 aromatic heterocycles. The standard InChI is InChI=1S/C20H27NO4S/c1-2-3-4-5-6-17(22)12-21-11-15-9-19(26-14-15)16-10-18(25-13-16)7-8-20(23)24/h9-10,13-14,21H,2-8,11-12H2,1H3,(H,23,24). The first kappa shape index (κ1) is 20.4. The van der Waals surface area contributed by atoms with Crippen LogP contribution in [0, 0.1) is 0 Å². The Balaban J connectivity index is 1.74. The fraction of sp³-hybridized carbons (Fsp3) is 0.500. The van der Waals surface area contributed by atoms with Gasteiger partial charge in [0.25, 0.3) is 0 Å². The molecule has 0 fully saturated rings. The Morgan fingerprint density at radius 3 is 2.81 bits per heavy atom. The lowest BCUT2D eigenvalue weighted by Crippen LogP contribution is -2.22. The smallest absolute Gasteiger partial charge is 0.303 e. The van der Waals surface area contributed by atoms with Gasteiger partial charge in [0, 0.05) is 29.8 Å². The zero-order valence-electron chi connectivity index (χ0n) is 15.3. The fourth-order valence-electron chi connectivity index (χ4n) is 2.67. The molecule has 2 heterocycles. The molecule has 6 heteroatoms. The molecule has 0 aliphatic rings. The van der Waals surface area contributed by atoms with Crippen molar-refractivity contribution in [3.05, 3.63) is 35.1 Å². The van der Waals surface area contributed by atoms with Gasteiger partial charge in [-0.15, -0.1) is 11.3 Å². The van der Waals surface area contributed by atoms with Gasteiger partial charge < -0.3 is 14.8 Å². The summed E-state index contributed by atoms with van der Waals surface area (Å²) < 4.78 is 5.43. The number of ketones is 1. The Bertz CT molecular complexity index is 704. The number of carbonyl (C=O) groups is 2. The molecule has 26 heavy (non-hydrogen) atoms. The first-order valence-corrected chi connectivity index (χ1v) is 10.1. The van der Waals surface area contributed by atoms with E-state index in [1.165, 1.54) is 12.8 Å². The molecule has 2 aromatic rings. The molecule has 0 amide bonds. The molecule has 0 unspecified atom stereocenters. The number of hydrogen-bond donors (Lipinski definition) is 2. The van der Waals surface area contributed by atoms with E-state index in [9.17, 15) is 9.59 Å². The molecule has 0 radical (unpaired) electrons. The summed E-state index contributed by atoms with van der Waals surface area (Å²) in [6, 6.07) is 3.97. The van der Waals surface area contributed by atoms with Crippen LogP contribution in [0.3, 0.4) is 0 Å². The quantitative estimate of drug-likeness (QED) is 0.497. The first-order valence-electron chi connectivity index (χ1n) is 9.18. The van der Waals surface area contributed by atoms with E-state index in [4.69, 9.17) is 9.52 Å². The Kier molecular flexibility index (Phi) is 8.58. The maximum Gasteiger partial charge on any atom is 0.303 e. The van der Waals surface area contributed by atoms with E-state index in [-0.39, 0.29) is 12.2 Å². The molecule has 0 aromatic carbocycles. The minimum Gasteiger partial charge on any atom is -0.481 e. The summed E-state index contributed by atoms with van der Waals surface area (Å²) in [6.07, 6.45) is 7.30. The fourth-order valence-corrected chi connectivity index (χ4v) is 3.57. The third-order valence-corrected chi connectivity index (χ3v) is 5.17. The van der Waals surface area contributed by atoms with Crippen molar-refractivity contribution in [3.63, 3.8) is 0 Å². The number of nitrogens with one attached hydrogen (secondary N) is 1. The molecule has 2 N–H and O–H groups in total. The minimum atomic E-state index is -0.827. The van der Waals surface area contributed by atoms with E-state index in [0.29, 0.717) is 31.7 Å². The van der Waals surface area contributed by atoms with E-state index in [0.717, 1.165) is 28.8 Å². The van der Waals surface area contributed by atoms with Gasteiger partial charge in [-0.2, -0.15) is 0 Å². The predicted octanol–water partition coefficient (Wildman–Crippen LogP) is 4.65. The maximum atomic E-state index is 11.8. The highest BCUT2D eigenvalue weighted by Gasteiger charge is 2.09. The van der Waals surface area contributed by atoms with Crippen molar-refractivity contribution in [2.45, 2.75) is 58.4 Å². The van der Waals surface area contributed by atoms with Crippen LogP contribution in [-0.4, -0.2) is 23.4 Å². The second kappa shape index (κ2) is 10.9. The summed E-state index contributed by atoms with van der Waals surface area (Å²) in [4.78, 5) is 23.5. The van der Waals surface area contributed by atoms with Crippen LogP contribution >= 0.6 is 11.3 Å². The van der Waals surface area contributed by atoms with Crippen LogP contribution < -0.4 is 5.32 Å². The zero-order chi connectivity index (χ0) is 18.8. The van der Waals surface area contributed by atoms with Crippen molar-refractivity contribution in [1.29, 1.82) is 0 Å². The van der Waals surface area contributed by atoms with Crippen molar-refractivity contribution in [1.82, 2.24) is 5.32 Å². The number of thiophene rings is 1. The lowest BCUT2D eigenvalue weighted by atomic mass is 10.1. The number of aryl methyl sites for hydroxylation is 1. The monoisotopic (exact) mass is 377 g/mol. The zero-order valence-corrected chi connectivity index (χ0v) is 16.1. The van der Waals surface area contributed by atoms with Gasteiger partial charge in [0.05, 0.1) is 19.2 Å². The van der Waals surface area contributed by atoms with Gasteiger partial charge in [-0.3, -0.25) is 9.59 Å². The van der Waals surface area contributed by atoms with E-state index in [1.807, 2.05) is 6.07 Å². The summed E-state index contributed by atoms with van der Waals surface area (Å²) in [5, 5.41) is 14.0. The summed E-state index contributed by atoms with van der Waals surface area (Å²) in [5.74, 6) is 0.131. The summed E-state index contributed by atoms with van der Waals surface area (Å²) >= 11 is 1.62. The van der Waals surface area contributed by atoms with Crippen LogP contribution in [0.1, 0.15) is 56.8 Å². The normalized spacial score (nSPS) is 11.0. The number of rotatable bonds is 13. The number of carbonyl (C=O) groups excluding carboxylic acids is 1. The molecule has 0 saturated heterocycles. The number of carboxylic acid groups (broad SMARTS) is 1. The average molecular weight is 378 g/mol. The summed E-state index contributed by atoms with van der Waals surface area (Å²) in [6.45, 7) is 3.25. The Labute approximate surface area is 158 Å². The Morgan fingerprint density at radius 2 is 2.04 bits per heavy atom. The highest BCUT2D eigenvalue weighted by Crippen LogP contribution is 2.29. The van der Waals surface area contributed by atoms with Gasteiger partial charge in [0.15, 0.2) is 0 Å². The van der Waals surface area contributed by atoms with Crippen molar-refractivity contribution >= 4 is 23.1 Å². The highest BCUT2D eigenvalue weighted by molar-refractivity contribution is 7.13. The molecule has 0 bridgehead atoms.